The van der Waals surface area contributed by atoms with E-state index in [0.717, 1.165) is 22.8 Å². The van der Waals surface area contributed by atoms with Gasteiger partial charge in [0.2, 0.25) is 0 Å². The minimum absolute atomic E-state index is 0.719. The standard InChI is InChI=1S/C29H25Cl/c30-23-13-11-21(12-14-23)24-7-4-8-27-26(28-18-19-9-10-22(28)17-19)16-15-25(29(24)27)20-5-2-1-3-6-20/h1-8,11-16,19,22,28H,9-10,17-18H2. The summed E-state index contributed by atoms with van der Waals surface area (Å²) in [4.78, 5) is 0. The topological polar surface area (TPSA) is 0 Å². The van der Waals surface area contributed by atoms with Crippen molar-refractivity contribution in [3.63, 3.8) is 0 Å². The van der Waals surface area contributed by atoms with Gasteiger partial charge in [-0.1, -0.05) is 90.8 Å². The van der Waals surface area contributed by atoms with Crippen LogP contribution in [0.25, 0.3) is 33.0 Å². The van der Waals surface area contributed by atoms with Crippen molar-refractivity contribution in [2.75, 3.05) is 0 Å². The van der Waals surface area contributed by atoms with Gasteiger partial charge in [0, 0.05) is 5.02 Å². The number of fused-ring (bicyclic) bond motifs is 3. The van der Waals surface area contributed by atoms with Gasteiger partial charge in [0.05, 0.1) is 0 Å². The Balaban J connectivity index is 1.62. The summed E-state index contributed by atoms with van der Waals surface area (Å²) < 4.78 is 0. The van der Waals surface area contributed by atoms with Gasteiger partial charge in [-0.25, -0.2) is 0 Å². The number of hydrogen-bond donors (Lipinski definition) is 0. The third kappa shape index (κ3) is 2.97. The molecule has 0 heterocycles. The van der Waals surface area contributed by atoms with E-state index in [1.54, 1.807) is 5.56 Å². The van der Waals surface area contributed by atoms with Gasteiger partial charge >= 0.3 is 0 Å². The average Bonchev–Trinajstić information content (AvgIpc) is 3.43. The Bertz CT molecular complexity index is 1210. The van der Waals surface area contributed by atoms with Crippen LogP contribution < -0.4 is 0 Å². The van der Waals surface area contributed by atoms with E-state index in [1.165, 1.54) is 58.7 Å². The molecule has 30 heavy (non-hydrogen) atoms. The first-order valence-electron chi connectivity index (χ1n) is 11.1. The molecule has 2 bridgehead atoms. The Kier molecular flexibility index (Phi) is 4.43. The summed E-state index contributed by atoms with van der Waals surface area (Å²) in [5.74, 6) is 2.54. The second kappa shape index (κ2) is 7.29. The van der Waals surface area contributed by atoms with Gasteiger partial charge in [-0.2, -0.15) is 0 Å². The van der Waals surface area contributed by atoms with Crippen LogP contribution >= 0.6 is 11.6 Å². The Morgan fingerprint density at radius 1 is 0.633 bits per heavy atom. The maximum atomic E-state index is 6.19. The molecule has 2 saturated carbocycles. The molecular weight excluding hydrogens is 384 g/mol. The predicted octanol–water partition coefficient (Wildman–Crippen LogP) is 8.73. The van der Waals surface area contributed by atoms with Crippen molar-refractivity contribution in [3.05, 3.63) is 95.5 Å². The van der Waals surface area contributed by atoms with Gasteiger partial charge < -0.3 is 0 Å². The fourth-order valence-electron chi connectivity index (χ4n) is 6.11. The number of hydrogen-bond acceptors (Lipinski definition) is 0. The Labute approximate surface area is 183 Å². The largest absolute Gasteiger partial charge is 0.0843 e. The van der Waals surface area contributed by atoms with E-state index in [4.69, 9.17) is 11.6 Å². The highest BCUT2D eigenvalue weighted by Crippen LogP contribution is 2.54. The lowest BCUT2D eigenvalue weighted by atomic mass is 9.79. The van der Waals surface area contributed by atoms with Crippen LogP contribution in [0.2, 0.25) is 5.02 Å². The Morgan fingerprint density at radius 3 is 2.13 bits per heavy atom. The third-order valence-electron chi connectivity index (χ3n) is 7.45. The molecule has 2 aliphatic carbocycles. The molecule has 0 aliphatic heterocycles. The summed E-state index contributed by atoms with van der Waals surface area (Å²) in [6, 6.07) is 30.8. The highest BCUT2D eigenvalue weighted by Gasteiger charge is 2.40. The number of halogens is 1. The molecule has 2 fully saturated rings. The molecule has 0 amide bonds. The van der Waals surface area contributed by atoms with Crippen molar-refractivity contribution in [1.29, 1.82) is 0 Å². The minimum Gasteiger partial charge on any atom is -0.0843 e. The summed E-state index contributed by atoms with van der Waals surface area (Å²) in [7, 11) is 0. The van der Waals surface area contributed by atoms with Crippen LogP contribution in [0.3, 0.4) is 0 Å². The van der Waals surface area contributed by atoms with E-state index in [9.17, 15) is 0 Å². The van der Waals surface area contributed by atoms with Crippen LogP contribution in [0.1, 0.15) is 37.2 Å². The molecule has 3 atom stereocenters. The zero-order valence-electron chi connectivity index (χ0n) is 17.0. The molecule has 3 unspecified atom stereocenters. The first-order chi connectivity index (χ1) is 14.8. The molecule has 0 spiro atoms. The van der Waals surface area contributed by atoms with Crippen molar-refractivity contribution in [3.8, 4) is 22.3 Å². The maximum Gasteiger partial charge on any atom is 0.0406 e. The molecule has 4 aromatic rings. The van der Waals surface area contributed by atoms with Gasteiger partial charge in [0.1, 0.15) is 0 Å². The lowest BCUT2D eigenvalue weighted by Gasteiger charge is -2.25. The Morgan fingerprint density at radius 2 is 1.40 bits per heavy atom. The summed E-state index contributed by atoms with van der Waals surface area (Å²) in [6.45, 7) is 0. The fourth-order valence-corrected chi connectivity index (χ4v) is 6.23. The molecule has 148 valence electrons. The quantitative estimate of drug-likeness (QED) is 0.318. The van der Waals surface area contributed by atoms with Crippen LogP contribution in [0.15, 0.2) is 84.9 Å². The molecule has 0 nitrogen and oxygen atoms in total. The highest BCUT2D eigenvalue weighted by molar-refractivity contribution is 6.30. The normalized spacial score (nSPS) is 22.6. The lowest BCUT2D eigenvalue weighted by Crippen LogP contribution is -2.09. The second-order valence-electron chi connectivity index (χ2n) is 9.08. The van der Waals surface area contributed by atoms with Crippen molar-refractivity contribution in [2.45, 2.75) is 31.6 Å². The van der Waals surface area contributed by atoms with Crippen LogP contribution in [-0.2, 0) is 0 Å². The van der Waals surface area contributed by atoms with E-state index < -0.39 is 0 Å². The highest BCUT2D eigenvalue weighted by atomic mass is 35.5. The summed E-state index contributed by atoms with van der Waals surface area (Å²) in [5.41, 5.74) is 6.69. The zero-order chi connectivity index (χ0) is 20.1. The molecule has 0 N–H and O–H groups in total. The summed E-state index contributed by atoms with van der Waals surface area (Å²) in [6.07, 6.45) is 5.66. The van der Waals surface area contributed by atoms with Crippen LogP contribution in [0.4, 0.5) is 0 Å². The van der Waals surface area contributed by atoms with E-state index in [-0.39, 0.29) is 0 Å². The van der Waals surface area contributed by atoms with Crippen molar-refractivity contribution < 1.29 is 0 Å². The lowest BCUT2D eigenvalue weighted by molar-refractivity contribution is 0.422. The van der Waals surface area contributed by atoms with E-state index in [1.807, 2.05) is 12.1 Å². The fraction of sp³-hybridized carbons (Fsp3) is 0.241. The van der Waals surface area contributed by atoms with Gasteiger partial charge in [0.15, 0.2) is 0 Å². The first kappa shape index (κ1) is 18.2. The molecule has 0 aromatic heterocycles. The number of benzene rings is 4. The zero-order valence-corrected chi connectivity index (χ0v) is 17.8. The molecule has 0 radical (unpaired) electrons. The molecule has 1 heteroatoms. The smallest absolute Gasteiger partial charge is 0.0406 e. The predicted molar refractivity (Wildman–Crippen MR) is 128 cm³/mol. The summed E-state index contributed by atoms with van der Waals surface area (Å²) >= 11 is 6.19. The molecule has 2 aliphatic rings. The summed E-state index contributed by atoms with van der Waals surface area (Å²) in [5, 5.41) is 3.59. The molecule has 4 aromatic carbocycles. The third-order valence-corrected chi connectivity index (χ3v) is 7.70. The SMILES string of the molecule is Clc1ccc(-c2cccc3c(C4CC5CCC4C5)ccc(-c4ccccc4)c23)cc1. The van der Waals surface area contributed by atoms with Crippen LogP contribution in [0.5, 0.6) is 0 Å². The second-order valence-corrected chi connectivity index (χ2v) is 9.52. The van der Waals surface area contributed by atoms with Gasteiger partial charge in [-0.3, -0.25) is 0 Å². The monoisotopic (exact) mass is 408 g/mol. The van der Waals surface area contributed by atoms with Crippen molar-refractivity contribution in [1.82, 2.24) is 0 Å². The molecule has 6 rings (SSSR count). The van der Waals surface area contributed by atoms with E-state index >= 15 is 0 Å². The van der Waals surface area contributed by atoms with Crippen molar-refractivity contribution >= 4 is 22.4 Å². The van der Waals surface area contributed by atoms with E-state index in [0.29, 0.717) is 0 Å². The van der Waals surface area contributed by atoms with Gasteiger partial charge in [0.25, 0.3) is 0 Å². The van der Waals surface area contributed by atoms with Gasteiger partial charge in [-0.15, -0.1) is 0 Å². The Hall–Kier alpha value is -2.57. The van der Waals surface area contributed by atoms with Crippen molar-refractivity contribution in [2.24, 2.45) is 11.8 Å². The molecule has 0 saturated heterocycles. The van der Waals surface area contributed by atoms with Crippen LogP contribution in [-0.4, -0.2) is 0 Å². The van der Waals surface area contributed by atoms with Crippen LogP contribution in [0, 0.1) is 11.8 Å². The average molecular weight is 409 g/mol. The first-order valence-corrected chi connectivity index (χ1v) is 11.5. The van der Waals surface area contributed by atoms with E-state index in [2.05, 4.69) is 72.8 Å². The number of rotatable bonds is 3. The van der Waals surface area contributed by atoms with Gasteiger partial charge in [-0.05, 0) is 87.7 Å². The molecular formula is C29H25Cl. The maximum absolute atomic E-state index is 6.19. The minimum atomic E-state index is 0.719.